The molecule has 1 saturated carbocycles. The number of aliphatic hydroxyl groups excluding tert-OH is 1. The normalized spacial score (nSPS) is 42.8. The first-order valence-electron chi connectivity index (χ1n) is 4.35. The molecule has 64 valence electrons. The van der Waals surface area contributed by atoms with Crippen molar-refractivity contribution in [3.63, 3.8) is 0 Å². The maximum atomic E-state index is 8.78. The van der Waals surface area contributed by atoms with Gasteiger partial charge in [-0.1, -0.05) is 0 Å². The van der Waals surface area contributed by atoms with E-state index in [1.165, 1.54) is 0 Å². The zero-order chi connectivity index (χ0) is 7.68. The van der Waals surface area contributed by atoms with E-state index in [-0.39, 0.29) is 0 Å². The highest BCUT2D eigenvalue weighted by Crippen LogP contribution is 2.30. The molecular formula is C8H15NO2. The van der Waals surface area contributed by atoms with Gasteiger partial charge in [0.2, 0.25) is 0 Å². The van der Waals surface area contributed by atoms with Crippen molar-refractivity contribution in [2.24, 2.45) is 5.92 Å². The minimum atomic E-state index is 0.339. The second kappa shape index (κ2) is 3.09. The quantitative estimate of drug-likeness (QED) is 0.593. The smallest absolute Gasteiger partial charge is 0.0620 e. The lowest BCUT2D eigenvalue weighted by atomic mass is 10.2. The average Bonchev–Trinajstić information content (AvgIpc) is 2.54. The van der Waals surface area contributed by atoms with Gasteiger partial charge in [0, 0.05) is 25.3 Å². The van der Waals surface area contributed by atoms with Crippen molar-refractivity contribution in [2.75, 3.05) is 19.8 Å². The van der Waals surface area contributed by atoms with Crippen LogP contribution in [0, 0.1) is 5.92 Å². The molecule has 0 aromatic carbocycles. The lowest BCUT2D eigenvalue weighted by Crippen LogP contribution is -2.32. The Labute approximate surface area is 66.7 Å². The van der Waals surface area contributed by atoms with Crippen molar-refractivity contribution in [3.05, 3.63) is 0 Å². The van der Waals surface area contributed by atoms with E-state index in [1.807, 2.05) is 0 Å². The van der Waals surface area contributed by atoms with Crippen LogP contribution in [0.25, 0.3) is 0 Å². The van der Waals surface area contributed by atoms with Crippen molar-refractivity contribution in [2.45, 2.75) is 24.9 Å². The Bertz CT molecular complexity index is 134. The first-order valence-corrected chi connectivity index (χ1v) is 4.35. The molecule has 3 nitrogen and oxygen atoms in total. The van der Waals surface area contributed by atoms with Gasteiger partial charge in [0.1, 0.15) is 0 Å². The second-order valence-electron chi connectivity index (χ2n) is 3.51. The van der Waals surface area contributed by atoms with Gasteiger partial charge in [0.05, 0.1) is 6.61 Å². The van der Waals surface area contributed by atoms with Crippen LogP contribution >= 0.6 is 0 Å². The Morgan fingerprint density at radius 1 is 1.55 bits per heavy atom. The van der Waals surface area contributed by atoms with E-state index in [9.17, 15) is 0 Å². The summed E-state index contributed by atoms with van der Waals surface area (Å²) in [4.78, 5) is 0. The van der Waals surface area contributed by atoms with Gasteiger partial charge in [-0.05, 0) is 18.8 Å². The lowest BCUT2D eigenvalue weighted by Gasteiger charge is -2.08. The molecule has 2 rings (SSSR count). The standard InChI is InChI=1S/C8H15NO2/c10-4-6-3-8(6)9-7-1-2-11-5-7/h6-10H,1-5H2. The first kappa shape index (κ1) is 7.53. The summed E-state index contributed by atoms with van der Waals surface area (Å²) in [5.41, 5.74) is 0. The SMILES string of the molecule is OCC1CC1NC1CCOC1. The van der Waals surface area contributed by atoms with Crippen molar-refractivity contribution in [3.8, 4) is 0 Å². The molecule has 0 bridgehead atoms. The van der Waals surface area contributed by atoms with E-state index in [1.54, 1.807) is 0 Å². The summed E-state index contributed by atoms with van der Waals surface area (Å²) < 4.78 is 5.23. The third kappa shape index (κ3) is 1.72. The van der Waals surface area contributed by atoms with Crippen LogP contribution in [0.1, 0.15) is 12.8 Å². The van der Waals surface area contributed by atoms with Crippen molar-refractivity contribution >= 4 is 0 Å². The van der Waals surface area contributed by atoms with Crippen molar-refractivity contribution in [1.29, 1.82) is 0 Å². The van der Waals surface area contributed by atoms with Crippen LogP contribution in [-0.4, -0.2) is 37.0 Å². The minimum absolute atomic E-state index is 0.339. The van der Waals surface area contributed by atoms with Crippen LogP contribution in [0.15, 0.2) is 0 Å². The fraction of sp³-hybridized carbons (Fsp3) is 1.00. The van der Waals surface area contributed by atoms with E-state index >= 15 is 0 Å². The summed E-state index contributed by atoms with van der Waals surface area (Å²) in [5, 5.41) is 12.2. The van der Waals surface area contributed by atoms with Crippen LogP contribution in [0.2, 0.25) is 0 Å². The predicted octanol–water partition coefficient (Wildman–Crippen LogP) is -0.254. The number of nitrogens with one attached hydrogen (secondary N) is 1. The zero-order valence-electron chi connectivity index (χ0n) is 6.62. The Hall–Kier alpha value is -0.120. The highest BCUT2D eigenvalue weighted by atomic mass is 16.5. The molecule has 2 fully saturated rings. The molecule has 11 heavy (non-hydrogen) atoms. The molecule has 0 spiro atoms. The topological polar surface area (TPSA) is 41.5 Å². The molecular weight excluding hydrogens is 142 g/mol. The fourth-order valence-electron chi connectivity index (χ4n) is 1.62. The van der Waals surface area contributed by atoms with Gasteiger partial charge < -0.3 is 15.2 Å². The molecule has 1 saturated heterocycles. The summed E-state index contributed by atoms with van der Waals surface area (Å²) in [6.07, 6.45) is 2.28. The van der Waals surface area contributed by atoms with E-state index in [0.29, 0.717) is 24.6 Å². The molecule has 3 heteroatoms. The van der Waals surface area contributed by atoms with E-state index < -0.39 is 0 Å². The average molecular weight is 157 g/mol. The fourth-order valence-corrected chi connectivity index (χ4v) is 1.62. The van der Waals surface area contributed by atoms with Crippen LogP contribution in [-0.2, 0) is 4.74 Å². The van der Waals surface area contributed by atoms with E-state index in [0.717, 1.165) is 26.1 Å². The van der Waals surface area contributed by atoms with Crippen LogP contribution in [0.3, 0.4) is 0 Å². The van der Waals surface area contributed by atoms with Crippen molar-refractivity contribution < 1.29 is 9.84 Å². The number of hydrogen-bond acceptors (Lipinski definition) is 3. The summed E-state index contributed by atoms with van der Waals surface area (Å²) in [6, 6.07) is 1.13. The van der Waals surface area contributed by atoms with Gasteiger partial charge in [0.25, 0.3) is 0 Å². The molecule has 0 aromatic rings. The molecule has 2 aliphatic rings. The molecule has 0 radical (unpaired) electrons. The van der Waals surface area contributed by atoms with Gasteiger partial charge in [-0.25, -0.2) is 0 Å². The Morgan fingerprint density at radius 3 is 3.00 bits per heavy atom. The lowest BCUT2D eigenvalue weighted by molar-refractivity contribution is 0.189. The molecule has 1 heterocycles. The van der Waals surface area contributed by atoms with Gasteiger partial charge in [-0.3, -0.25) is 0 Å². The molecule has 0 aromatic heterocycles. The van der Waals surface area contributed by atoms with E-state index in [2.05, 4.69) is 5.32 Å². The molecule has 1 aliphatic heterocycles. The van der Waals surface area contributed by atoms with Crippen LogP contribution < -0.4 is 5.32 Å². The maximum absolute atomic E-state index is 8.78. The largest absolute Gasteiger partial charge is 0.396 e. The summed E-state index contributed by atoms with van der Waals surface area (Å²) in [6.45, 7) is 2.09. The number of aliphatic hydroxyl groups is 1. The number of rotatable bonds is 3. The van der Waals surface area contributed by atoms with Gasteiger partial charge >= 0.3 is 0 Å². The Balaban J connectivity index is 1.66. The summed E-state index contributed by atoms with van der Waals surface area (Å²) >= 11 is 0. The highest BCUT2D eigenvalue weighted by molar-refractivity contribution is 4.95. The second-order valence-corrected chi connectivity index (χ2v) is 3.51. The molecule has 0 amide bonds. The molecule has 1 aliphatic carbocycles. The third-order valence-corrected chi connectivity index (χ3v) is 2.54. The number of hydrogen-bond donors (Lipinski definition) is 2. The molecule has 3 atom stereocenters. The monoisotopic (exact) mass is 157 g/mol. The summed E-state index contributed by atoms with van der Waals surface area (Å²) in [7, 11) is 0. The third-order valence-electron chi connectivity index (χ3n) is 2.54. The summed E-state index contributed by atoms with van der Waals surface area (Å²) in [5.74, 6) is 0.524. The first-order chi connectivity index (χ1) is 5.40. The Kier molecular flexibility index (Phi) is 2.11. The van der Waals surface area contributed by atoms with Gasteiger partial charge in [-0.15, -0.1) is 0 Å². The Morgan fingerprint density at radius 2 is 2.45 bits per heavy atom. The molecule has 2 N–H and O–H groups in total. The minimum Gasteiger partial charge on any atom is -0.396 e. The van der Waals surface area contributed by atoms with Crippen molar-refractivity contribution in [1.82, 2.24) is 5.32 Å². The highest BCUT2D eigenvalue weighted by Gasteiger charge is 2.37. The molecule has 3 unspecified atom stereocenters. The van der Waals surface area contributed by atoms with Crippen LogP contribution in [0.5, 0.6) is 0 Å². The predicted molar refractivity (Wildman–Crippen MR) is 41.3 cm³/mol. The number of ether oxygens (including phenoxy) is 1. The zero-order valence-corrected chi connectivity index (χ0v) is 6.62. The van der Waals surface area contributed by atoms with E-state index in [4.69, 9.17) is 9.84 Å². The maximum Gasteiger partial charge on any atom is 0.0620 e. The van der Waals surface area contributed by atoms with Gasteiger partial charge in [0.15, 0.2) is 0 Å². The van der Waals surface area contributed by atoms with Crippen LogP contribution in [0.4, 0.5) is 0 Å². The van der Waals surface area contributed by atoms with Gasteiger partial charge in [-0.2, -0.15) is 0 Å².